The van der Waals surface area contributed by atoms with E-state index < -0.39 is 0 Å². The van der Waals surface area contributed by atoms with E-state index in [-0.39, 0.29) is 0 Å². The molecule has 2 unspecified atom stereocenters. The summed E-state index contributed by atoms with van der Waals surface area (Å²) in [7, 11) is 0. The normalized spacial score (nSPS) is 23.6. The molecule has 0 radical (unpaired) electrons. The number of aromatic nitrogens is 2. The van der Waals surface area contributed by atoms with Crippen molar-refractivity contribution in [3.05, 3.63) is 12.3 Å². The third kappa shape index (κ3) is 3.56. The first-order valence-electron chi connectivity index (χ1n) is 6.23. The van der Waals surface area contributed by atoms with Crippen molar-refractivity contribution in [2.24, 2.45) is 11.7 Å². The Labute approximate surface area is 102 Å². The average Bonchev–Trinajstić information content (AvgIpc) is 2.74. The molecular formula is C12H20N4O. The molecule has 2 atom stereocenters. The lowest BCUT2D eigenvalue weighted by atomic mass is 10.1. The summed E-state index contributed by atoms with van der Waals surface area (Å²) >= 11 is 0. The number of rotatable bonds is 5. The monoisotopic (exact) mass is 236 g/mol. The number of ether oxygens (including phenoxy) is 1. The van der Waals surface area contributed by atoms with Crippen LogP contribution in [0.2, 0.25) is 0 Å². The molecule has 0 spiro atoms. The number of nitrogens with one attached hydrogen (secondary N) is 1. The number of hydrogen-bond donors (Lipinski definition) is 2. The van der Waals surface area contributed by atoms with Gasteiger partial charge >= 0.3 is 0 Å². The van der Waals surface area contributed by atoms with Crippen LogP contribution in [0.5, 0.6) is 5.88 Å². The molecule has 5 nitrogen and oxygen atoms in total. The topological polar surface area (TPSA) is 73.1 Å². The molecule has 5 heteroatoms. The number of anilines is 1. The molecule has 1 fully saturated rings. The van der Waals surface area contributed by atoms with Gasteiger partial charge in [-0.05, 0) is 32.1 Å². The van der Waals surface area contributed by atoms with Crippen LogP contribution in [0, 0.1) is 5.92 Å². The summed E-state index contributed by atoms with van der Waals surface area (Å²) in [5, 5.41) is 3.25. The zero-order valence-electron chi connectivity index (χ0n) is 10.2. The van der Waals surface area contributed by atoms with Crippen molar-refractivity contribution < 1.29 is 4.74 Å². The Kier molecular flexibility index (Phi) is 4.14. The predicted molar refractivity (Wildman–Crippen MR) is 67.0 cm³/mol. The van der Waals surface area contributed by atoms with E-state index in [9.17, 15) is 0 Å². The van der Waals surface area contributed by atoms with Crippen molar-refractivity contribution >= 4 is 5.95 Å². The Bertz CT molecular complexity index is 358. The number of hydrogen-bond acceptors (Lipinski definition) is 5. The van der Waals surface area contributed by atoms with Crippen molar-refractivity contribution in [3.8, 4) is 5.88 Å². The molecular weight excluding hydrogens is 216 g/mol. The van der Waals surface area contributed by atoms with E-state index in [0.717, 1.165) is 19.4 Å². The lowest BCUT2D eigenvalue weighted by Crippen LogP contribution is -2.18. The molecule has 1 aliphatic carbocycles. The van der Waals surface area contributed by atoms with E-state index in [1.165, 1.54) is 6.42 Å². The van der Waals surface area contributed by atoms with Crippen LogP contribution < -0.4 is 15.8 Å². The van der Waals surface area contributed by atoms with Gasteiger partial charge in [0.05, 0.1) is 6.61 Å². The van der Waals surface area contributed by atoms with Crippen LogP contribution in [0.15, 0.2) is 12.3 Å². The molecule has 0 aliphatic heterocycles. The summed E-state index contributed by atoms with van der Waals surface area (Å²) in [5.74, 6) is 1.90. The molecule has 0 amide bonds. The summed E-state index contributed by atoms with van der Waals surface area (Å²) in [6.45, 7) is 3.45. The Hall–Kier alpha value is -1.36. The number of nitrogens with zero attached hydrogens (tertiary/aromatic N) is 2. The lowest BCUT2D eigenvalue weighted by molar-refractivity contribution is 0.326. The maximum Gasteiger partial charge on any atom is 0.225 e. The molecule has 1 aliphatic rings. The van der Waals surface area contributed by atoms with E-state index in [1.54, 1.807) is 12.3 Å². The molecule has 1 saturated carbocycles. The molecule has 0 aromatic carbocycles. The smallest absolute Gasteiger partial charge is 0.225 e. The molecule has 3 N–H and O–H groups in total. The fourth-order valence-electron chi connectivity index (χ4n) is 2.19. The molecule has 94 valence electrons. The van der Waals surface area contributed by atoms with Crippen molar-refractivity contribution in [1.29, 1.82) is 0 Å². The summed E-state index contributed by atoms with van der Waals surface area (Å²) < 4.78 is 5.32. The minimum absolute atomic E-state index is 0.373. The minimum atomic E-state index is 0.373. The summed E-state index contributed by atoms with van der Waals surface area (Å²) in [6.07, 6.45) is 5.13. The molecule has 0 bridgehead atoms. The second kappa shape index (κ2) is 5.82. The second-order valence-corrected chi connectivity index (χ2v) is 4.47. The molecule has 1 aromatic heterocycles. The van der Waals surface area contributed by atoms with Gasteiger partial charge in [-0.3, -0.25) is 0 Å². The highest BCUT2D eigenvalue weighted by atomic mass is 16.5. The first-order valence-corrected chi connectivity index (χ1v) is 6.23. The van der Waals surface area contributed by atoms with Crippen molar-refractivity contribution in [3.63, 3.8) is 0 Å². The van der Waals surface area contributed by atoms with E-state index >= 15 is 0 Å². The fraction of sp³-hybridized carbons (Fsp3) is 0.667. The lowest BCUT2D eigenvalue weighted by Gasteiger charge is -2.11. The van der Waals surface area contributed by atoms with Crippen LogP contribution in [0.1, 0.15) is 26.2 Å². The summed E-state index contributed by atoms with van der Waals surface area (Å²) in [6, 6.07) is 2.14. The fourth-order valence-corrected chi connectivity index (χ4v) is 2.19. The highest BCUT2D eigenvalue weighted by Gasteiger charge is 2.21. The second-order valence-electron chi connectivity index (χ2n) is 4.47. The van der Waals surface area contributed by atoms with Crippen molar-refractivity contribution in [2.75, 3.05) is 18.5 Å². The molecule has 1 aromatic rings. The van der Waals surface area contributed by atoms with Crippen molar-refractivity contribution in [1.82, 2.24) is 9.97 Å². The SMILES string of the molecule is CCOc1ccnc(NCC2CCC(N)C2)n1. The largest absolute Gasteiger partial charge is 0.478 e. The van der Waals surface area contributed by atoms with Crippen LogP contribution >= 0.6 is 0 Å². The predicted octanol–water partition coefficient (Wildman–Crippen LogP) is 1.41. The quantitative estimate of drug-likeness (QED) is 0.808. The first kappa shape index (κ1) is 12.1. The maximum atomic E-state index is 5.88. The number of nitrogens with two attached hydrogens (primary N) is 1. The van der Waals surface area contributed by atoms with Gasteiger partial charge in [-0.25, -0.2) is 4.98 Å². The standard InChI is InChI=1S/C12H20N4O/c1-2-17-11-5-6-14-12(16-11)15-8-9-3-4-10(13)7-9/h5-6,9-10H,2-4,7-8,13H2,1H3,(H,14,15,16). The Morgan fingerprint density at radius 1 is 1.53 bits per heavy atom. The van der Waals surface area contributed by atoms with Gasteiger partial charge in [0.25, 0.3) is 0 Å². The molecule has 1 heterocycles. The highest BCUT2D eigenvalue weighted by Crippen LogP contribution is 2.24. The van der Waals surface area contributed by atoms with Gasteiger partial charge in [0, 0.05) is 24.8 Å². The van der Waals surface area contributed by atoms with Gasteiger partial charge in [-0.2, -0.15) is 4.98 Å². The third-order valence-corrected chi connectivity index (χ3v) is 3.05. The third-order valence-electron chi connectivity index (χ3n) is 3.05. The molecule has 17 heavy (non-hydrogen) atoms. The summed E-state index contributed by atoms with van der Waals surface area (Å²) in [5.41, 5.74) is 5.88. The Morgan fingerprint density at radius 3 is 3.12 bits per heavy atom. The van der Waals surface area contributed by atoms with Gasteiger partial charge in [0.1, 0.15) is 0 Å². The van der Waals surface area contributed by atoms with E-state index in [1.807, 2.05) is 6.92 Å². The van der Waals surface area contributed by atoms with E-state index in [4.69, 9.17) is 10.5 Å². The van der Waals surface area contributed by atoms with Crippen LogP contribution in [0.4, 0.5) is 5.95 Å². The van der Waals surface area contributed by atoms with Gasteiger partial charge in [-0.15, -0.1) is 0 Å². The Morgan fingerprint density at radius 2 is 2.41 bits per heavy atom. The molecule has 0 saturated heterocycles. The van der Waals surface area contributed by atoms with Crippen LogP contribution in [0.3, 0.4) is 0 Å². The molecule has 2 rings (SSSR count). The van der Waals surface area contributed by atoms with Gasteiger partial charge in [0.15, 0.2) is 0 Å². The summed E-state index contributed by atoms with van der Waals surface area (Å²) in [4.78, 5) is 8.43. The van der Waals surface area contributed by atoms with Gasteiger partial charge in [-0.1, -0.05) is 0 Å². The van der Waals surface area contributed by atoms with Crippen LogP contribution in [0.25, 0.3) is 0 Å². The minimum Gasteiger partial charge on any atom is -0.478 e. The van der Waals surface area contributed by atoms with E-state index in [2.05, 4.69) is 15.3 Å². The van der Waals surface area contributed by atoms with Crippen LogP contribution in [-0.2, 0) is 0 Å². The highest BCUT2D eigenvalue weighted by molar-refractivity contribution is 5.27. The first-order chi connectivity index (χ1) is 8.28. The zero-order chi connectivity index (χ0) is 12.1. The van der Waals surface area contributed by atoms with Crippen LogP contribution in [-0.4, -0.2) is 29.2 Å². The van der Waals surface area contributed by atoms with Gasteiger partial charge in [0.2, 0.25) is 11.8 Å². The van der Waals surface area contributed by atoms with Gasteiger partial charge < -0.3 is 15.8 Å². The van der Waals surface area contributed by atoms with Crippen molar-refractivity contribution in [2.45, 2.75) is 32.2 Å². The zero-order valence-corrected chi connectivity index (χ0v) is 10.2. The van der Waals surface area contributed by atoms with E-state index in [0.29, 0.717) is 30.4 Å². The Balaban J connectivity index is 1.83. The average molecular weight is 236 g/mol. The maximum absolute atomic E-state index is 5.88.